The van der Waals surface area contributed by atoms with Crippen LogP contribution in [-0.2, 0) is 11.3 Å². The van der Waals surface area contributed by atoms with Crippen molar-refractivity contribution in [1.82, 2.24) is 15.1 Å². The quantitative estimate of drug-likeness (QED) is 0.883. The Morgan fingerprint density at radius 3 is 2.90 bits per heavy atom. The van der Waals surface area contributed by atoms with Gasteiger partial charge in [0, 0.05) is 45.3 Å². The Morgan fingerprint density at radius 1 is 1.25 bits per heavy atom. The second kappa shape index (κ2) is 6.68. The van der Waals surface area contributed by atoms with Gasteiger partial charge in [-0.25, -0.2) is 0 Å². The molecule has 0 aromatic heterocycles. The van der Waals surface area contributed by atoms with Crippen LogP contribution in [0.15, 0.2) is 30.3 Å². The third kappa shape index (κ3) is 3.38. The predicted octanol–water partition coefficient (Wildman–Crippen LogP) is 0.791. The van der Waals surface area contributed by atoms with Crippen molar-refractivity contribution in [1.29, 1.82) is 0 Å². The van der Waals surface area contributed by atoms with Crippen molar-refractivity contribution in [2.45, 2.75) is 18.7 Å². The monoisotopic (exact) mass is 275 g/mol. The molecule has 1 aromatic rings. The topological polar surface area (TPSA) is 27.7 Å². The lowest BCUT2D eigenvalue weighted by molar-refractivity contribution is -0.0736. The lowest BCUT2D eigenvalue weighted by atomic mass is 10.1. The molecule has 4 heteroatoms. The van der Waals surface area contributed by atoms with E-state index in [0.29, 0.717) is 12.1 Å². The molecule has 1 aromatic carbocycles. The van der Waals surface area contributed by atoms with Gasteiger partial charge in [0.15, 0.2) is 0 Å². The number of hydrogen-bond acceptors (Lipinski definition) is 4. The van der Waals surface area contributed by atoms with Gasteiger partial charge in [-0.05, 0) is 12.6 Å². The van der Waals surface area contributed by atoms with Crippen LogP contribution in [-0.4, -0.2) is 68.3 Å². The van der Waals surface area contributed by atoms with Crippen LogP contribution in [0.25, 0.3) is 0 Å². The molecule has 0 radical (unpaired) electrons. The number of nitrogens with one attached hydrogen (secondary N) is 1. The zero-order chi connectivity index (χ0) is 13.8. The number of likely N-dealkylation sites (N-methyl/N-ethyl adjacent to an activating group) is 1. The molecular weight excluding hydrogens is 250 g/mol. The van der Waals surface area contributed by atoms with Gasteiger partial charge < -0.3 is 10.1 Å². The second-order valence-electron chi connectivity index (χ2n) is 5.88. The minimum absolute atomic E-state index is 0.324. The fraction of sp³-hybridized carbons (Fsp3) is 0.625. The fourth-order valence-corrected chi connectivity index (χ4v) is 3.19. The summed E-state index contributed by atoms with van der Waals surface area (Å²) in [4.78, 5) is 4.96. The summed E-state index contributed by atoms with van der Waals surface area (Å²) in [6, 6.07) is 11.2. The van der Waals surface area contributed by atoms with Gasteiger partial charge in [-0.1, -0.05) is 30.3 Å². The van der Waals surface area contributed by atoms with Gasteiger partial charge in [-0.2, -0.15) is 0 Å². The Bertz CT molecular complexity index is 411. The Hall–Kier alpha value is -0.940. The number of nitrogens with zero attached hydrogens (tertiary/aromatic N) is 2. The maximum absolute atomic E-state index is 6.03. The summed E-state index contributed by atoms with van der Waals surface area (Å²) in [6.45, 7) is 7.20. The first-order valence-electron chi connectivity index (χ1n) is 7.62. The van der Waals surface area contributed by atoms with E-state index in [0.717, 1.165) is 45.9 Å². The highest BCUT2D eigenvalue weighted by Gasteiger charge is 2.32. The highest BCUT2D eigenvalue weighted by atomic mass is 16.5. The molecule has 0 spiro atoms. The van der Waals surface area contributed by atoms with E-state index in [4.69, 9.17) is 4.74 Å². The Labute approximate surface area is 121 Å². The van der Waals surface area contributed by atoms with E-state index in [9.17, 15) is 0 Å². The molecule has 2 unspecified atom stereocenters. The Balaban J connectivity index is 1.58. The third-order valence-electron chi connectivity index (χ3n) is 4.42. The Morgan fingerprint density at radius 2 is 2.10 bits per heavy atom. The predicted molar refractivity (Wildman–Crippen MR) is 80.7 cm³/mol. The molecule has 2 fully saturated rings. The molecule has 110 valence electrons. The van der Waals surface area contributed by atoms with Gasteiger partial charge in [-0.15, -0.1) is 0 Å². The van der Waals surface area contributed by atoms with E-state index in [2.05, 4.69) is 52.5 Å². The summed E-state index contributed by atoms with van der Waals surface area (Å²) < 4.78 is 6.03. The molecule has 4 nitrogen and oxygen atoms in total. The van der Waals surface area contributed by atoms with Gasteiger partial charge in [0.25, 0.3) is 0 Å². The van der Waals surface area contributed by atoms with Crippen LogP contribution in [0.5, 0.6) is 0 Å². The summed E-state index contributed by atoms with van der Waals surface area (Å²) in [5, 5.41) is 3.49. The largest absolute Gasteiger partial charge is 0.374 e. The lowest BCUT2D eigenvalue weighted by Gasteiger charge is -2.42. The Kier molecular flexibility index (Phi) is 4.68. The smallest absolute Gasteiger partial charge is 0.0869 e. The maximum atomic E-state index is 6.03. The number of benzene rings is 1. The molecule has 2 saturated heterocycles. The van der Waals surface area contributed by atoms with E-state index in [1.165, 1.54) is 5.56 Å². The van der Waals surface area contributed by atoms with Gasteiger partial charge in [0.2, 0.25) is 0 Å². The first kappa shape index (κ1) is 14.0. The van der Waals surface area contributed by atoms with E-state index in [1.54, 1.807) is 0 Å². The molecule has 2 aliphatic rings. The third-order valence-corrected chi connectivity index (χ3v) is 4.42. The van der Waals surface area contributed by atoms with Crippen molar-refractivity contribution in [2.75, 3.05) is 46.4 Å². The molecule has 0 amide bonds. The van der Waals surface area contributed by atoms with Crippen LogP contribution in [0.1, 0.15) is 5.56 Å². The van der Waals surface area contributed by atoms with Crippen LogP contribution in [0.3, 0.4) is 0 Å². The molecule has 0 aliphatic carbocycles. The molecular formula is C16H25N3O. The van der Waals surface area contributed by atoms with Crippen LogP contribution in [0, 0.1) is 0 Å². The first-order valence-corrected chi connectivity index (χ1v) is 7.62. The highest BCUT2D eigenvalue weighted by Crippen LogP contribution is 2.16. The van der Waals surface area contributed by atoms with Crippen molar-refractivity contribution in [3.8, 4) is 0 Å². The van der Waals surface area contributed by atoms with Crippen molar-refractivity contribution >= 4 is 0 Å². The first-order chi connectivity index (χ1) is 9.83. The summed E-state index contributed by atoms with van der Waals surface area (Å²) >= 11 is 0. The van der Waals surface area contributed by atoms with Gasteiger partial charge in [0.1, 0.15) is 0 Å². The maximum Gasteiger partial charge on any atom is 0.0869 e. The minimum Gasteiger partial charge on any atom is -0.374 e. The molecule has 3 rings (SSSR count). The number of piperazine rings is 1. The summed E-state index contributed by atoms with van der Waals surface area (Å²) in [7, 11) is 2.21. The lowest BCUT2D eigenvalue weighted by Crippen LogP contribution is -2.59. The number of hydrogen-bond donors (Lipinski definition) is 1. The zero-order valence-corrected chi connectivity index (χ0v) is 12.3. The minimum atomic E-state index is 0.324. The molecule has 0 bridgehead atoms. The number of rotatable bonds is 3. The summed E-state index contributed by atoms with van der Waals surface area (Å²) in [5.74, 6) is 0. The summed E-state index contributed by atoms with van der Waals surface area (Å²) in [6.07, 6.45) is 0.324. The highest BCUT2D eigenvalue weighted by molar-refractivity contribution is 5.14. The van der Waals surface area contributed by atoms with E-state index in [1.807, 2.05) is 0 Å². The van der Waals surface area contributed by atoms with E-state index < -0.39 is 0 Å². The van der Waals surface area contributed by atoms with Gasteiger partial charge in [0.05, 0.1) is 12.7 Å². The van der Waals surface area contributed by atoms with Crippen molar-refractivity contribution < 1.29 is 4.74 Å². The van der Waals surface area contributed by atoms with E-state index in [-0.39, 0.29) is 0 Å². The SMILES string of the molecule is CN1CCNCC1C1CN(Cc2ccccc2)CCO1. The number of morpholine rings is 1. The van der Waals surface area contributed by atoms with Gasteiger partial charge in [-0.3, -0.25) is 9.80 Å². The molecule has 0 saturated carbocycles. The van der Waals surface area contributed by atoms with Gasteiger partial charge >= 0.3 is 0 Å². The normalized spacial score (nSPS) is 29.4. The fourth-order valence-electron chi connectivity index (χ4n) is 3.19. The summed E-state index contributed by atoms with van der Waals surface area (Å²) in [5.41, 5.74) is 1.39. The standard InChI is InChI=1S/C16H25N3O/c1-18-8-7-17-11-15(18)16-13-19(9-10-20-16)12-14-5-3-2-4-6-14/h2-6,15-17H,7-13H2,1H3. The average Bonchev–Trinajstić information content (AvgIpc) is 2.49. The van der Waals surface area contributed by atoms with Crippen LogP contribution in [0.2, 0.25) is 0 Å². The number of ether oxygens (including phenoxy) is 1. The molecule has 1 N–H and O–H groups in total. The zero-order valence-electron chi connectivity index (χ0n) is 12.3. The molecule has 2 heterocycles. The van der Waals surface area contributed by atoms with E-state index >= 15 is 0 Å². The van der Waals surface area contributed by atoms with Crippen LogP contribution < -0.4 is 5.32 Å². The molecule has 20 heavy (non-hydrogen) atoms. The molecule has 2 aliphatic heterocycles. The van der Waals surface area contributed by atoms with Crippen molar-refractivity contribution in [2.24, 2.45) is 0 Å². The molecule has 2 atom stereocenters. The van der Waals surface area contributed by atoms with Crippen molar-refractivity contribution in [3.63, 3.8) is 0 Å². The second-order valence-corrected chi connectivity index (χ2v) is 5.88. The average molecular weight is 275 g/mol. The van der Waals surface area contributed by atoms with Crippen molar-refractivity contribution in [3.05, 3.63) is 35.9 Å². The van der Waals surface area contributed by atoms with Crippen LogP contribution >= 0.6 is 0 Å². The van der Waals surface area contributed by atoms with Crippen LogP contribution in [0.4, 0.5) is 0 Å².